The molecule has 0 bridgehead atoms. The molecule has 0 atom stereocenters. The Morgan fingerprint density at radius 1 is 1.37 bits per heavy atom. The molecule has 0 heterocycles. The molecule has 1 amide bonds. The summed E-state index contributed by atoms with van der Waals surface area (Å²) in [6.07, 6.45) is 1.28. The molecule has 0 saturated heterocycles. The van der Waals surface area contributed by atoms with Gasteiger partial charge in [-0.25, -0.2) is 4.79 Å². The van der Waals surface area contributed by atoms with Gasteiger partial charge in [0.15, 0.2) is 0 Å². The number of nitrogens with two attached hydrogens (primary N) is 1. The average Bonchev–Trinajstić information content (AvgIpc) is 2.33. The Balaban J connectivity index is 2.25. The van der Waals surface area contributed by atoms with E-state index in [2.05, 4.69) is 10.2 Å². The maximum atomic E-state index is 11.4. The number of carbonyl (C=O) groups excluding carboxylic acids is 1. The van der Waals surface area contributed by atoms with Crippen molar-refractivity contribution in [3.63, 3.8) is 0 Å². The van der Waals surface area contributed by atoms with Crippen molar-refractivity contribution in [1.29, 1.82) is 0 Å². The lowest BCUT2D eigenvalue weighted by Gasteiger charge is -2.19. The lowest BCUT2D eigenvalue weighted by molar-refractivity contribution is 0.0527. The normalized spacial score (nSPS) is 10.9. The highest BCUT2D eigenvalue weighted by molar-refractivity contribution is 5.67. The van der Waals surface area contributed by atoms with Crippen LogP contribution in [0.25, 0.3) is 0 Å². The van der Waals surface area contributed by atoms with Crippen molar-refractivity contribution in [2.45, 2.75) is 39.2 Å². The number of alkyl carbamates (subject to hydrolysis) is 1. The average molecular weight is 266 g/mol. The van der Waals surface area contributed by atoms with E-state index < -0.39 is 5.60 Å². The molecule has 0 fully saturated rings. The van der Waals surface area contributed by atoms with Crippen LogP contribution in [0.15, 0.2) is 24.3 Å². The van der Waals surface area contributed by atoms with Gasteiger partial charge in [-0.3, -0.25) is 0 Å². The van der Waals surface area contributed by atoms with E-state index in [0.717, 1.165) is 18.4 Å². The number of amides is 1. The molecule has 0 aromatic heterocycles. The molecule has 0 aliphatic carbocycles. The van der Waals surface area contributed by atoms with Crippen molar-refractivity contribution in [3.05, 3.63) is 29.8 Å². The quantitative estimate of drug-likeness (QED) is 0.634. The zero-order valence-corrected chi connectivity index (χ0v) is 11.7. The Labute approximate surface area is 114 Å². The topological polar surface area (TPSA) is 73.6 Å². The first-order chi connectivity index (χ1) is 8.90. The van der Waals surface area contributed by atoms with Gasteiger partial charge in [-0.1, -0.05) is 12.1 Å². The monoisotopic (exact) mass is 266 g/mol. The van der Waals surface area contributed by atoms with E-state index in [1.807, 2.05) is 39.0 Å². The fourth-order valence-corrected chi connectivity index (χ4v) is 1.57. The molecule has 1 aromatic carbocycles. The lowest BCUT2D eigenvalue weighted by Crippen LogP contribution is -2.33. The van der Waals surface area contributed by atoms with Crippen molar-refractivity contribution >= 4 is 6.09 Å². The van der Waals surface area contributed by atoms with E-state index in [0.29, 0.717) is 12.3 Å². The highest BCUT2D eigenvalue weighted by atomic mass is 16.6. The zero-order chi connectivity index (χ0) is 14.3. The van der Waals surface area contributed by atoms with Crippen LogP contribution in [0.3, 0.4) is 0 Å². The lowest BCUT2D eigenvalue weighted by atomic mass is 10.1. The number of aryl methyl sites for hydroxylation is 1. The van der Waals surface area contributed by atoms with Crippen LogP contribution in [-0.4, -0.2) is 18.2 Å². The standard InChI is InChI=1S/C14H22N2O3/c1-14(2,3)18-13(17)16-9-5-7-11-6-4-8-12(10-11)19-15/h4,6,8,10H,5,7,9,15H2,1-3H3,(H,16,17). The first-order valence-corrected chi connectivity index (χ1v) is 6.33. The van der Waals surface area contributed by atoms with Gasteiger partial charge < -0.3 is 14.9 Å². The molecule has 3 N–H and O–H groups in total. The summed E-state index contributed by atoms with van der Waals surface area (Å²) in [7, 11) is 0. The van der Waals surface area contributed by atoms with Gasteiger partial charge in [0.1, 0.15) is 11.4 Å². The summed E-state index contributed by atoms with van der Waals surface area (Å²) in [4.78, 5) is 16.1. The fraction of sp³-hybridized carbons (Fsp3) is 0.500. The van der Waals surface area contributed by atoms with Gasteiger partial charge in [-0.2, -0.15) is 5.90 Å². The third-order valence-corrected chi connectivity index (χ3v) is 2.34. The minimum absolute atomic E-state index is 0.383. The number of ether oxygens (including phenoxy) is 1. The highest BCUT2D eigenvalue weighted by Crippen LogP contribution is 2.13. The maximum absolute atomic E-state index is 11.4. The first kappa shape index (κ1) is 15.3. The van der Waals surface area contributed by atoms with E-state index in [1.54, 1.807) is 6.07 Å². The Morgan fingerprint density at radius 3 is 2.74 bits per heavy atom. The van der Waals surface area contributed by atoms with Crippen LogP contribution in [0.2, 0.25) is 0 Å². The second-order valence-electron chi connectivity index (χ2n) is 5.30. The highest BCUT2D eigenvalue weighted by Gasteiger charge is 2.15. The van der Waals surface area contributed by atoms with Crippen LogP contribution in [0.5, 0.6) is 5.75 Å². The van der Waals surface area contributed by atoms with E-state index >= 15 is 0 Å². The van der Waals surface area contributed by atoms with E-state index in [-0.39, 0.29) is 6.09 Å². The fourth-order valence-electron chi connectivity index (χ4n) is 1.57. The van der Waals surface area contributed by atoms with Crippen molar-refractivity contribution in [1.82, 2.24) is 5.32 Å². The molecule has 0 radical (unpaired) electrons. The number of hydrogen-bond acceptors (Lipinski definition) is 4. The molecular formula is C14H22N2O3. The third-order valence-electron chi connectivity index (χ3n) is 2.34. The minimum Gasteiger partial charge on any atom is -0.444 e. The second kappa shape index (κ2) is 6.99. The number of benzene rings is 1. The number of nitrogens with one attached hydrogen (secondary N) is 1. The van der Waals surface area contributed by atoms with Crippen molar-refractivity contribution in [3.8, 4) is 5.75 Å². The molecule has 0 aliphatic rings. The molecule has 0 aliphatic heterocycles. The van der Waals surface area contributed by atoms with Crippen LogP contribution in [-0.2, 0) is 11.2 Å². The van der Waals surface area contributed by atoms with Crippen molar-refractivity contribution in [2.24, 2.45) is 5.90 Å². The molecule has 1 rings (SSSR count). The number of carbonyl (C=O) groups is 1. The van der Waals surface area contributed by atoms with Crippen LogP contribution in [0, 0.1) is 0 Å². The predicted molar refractivity (Wildman–Crippen MR) is 73.8 cm³/mol. The van der Waals surface area contributed by atoms with E-state index in [9.17, 15) is 4.79 Å². The molecule has 1 aromatic rings. The van der Waals surface area contributed by atoms with Crippen LogP contribution < -0.4 is 16.1 Å². The summed E-state index contributed by atoms with van der Waals surface area (Å²) in [6.45, 7) is 6.09. The summed E-state index contributed by atoms with van der Waals surface area (Å²) < 4.78 is 5.14. The number of rotatable bonds is 5. The molecule has 5 heteroatoms. The maximum Gasteiger partial charge on any atom is 0.407 e. The van der Waals surface area contributed by atoms with Crippen LogP contribution in [0.1, 0.15) is 32.8 Å². The van der Waals surface area contributed by atoms with Crippen molar-refractivity contribution < 1.29 is 14.4 Å². The van der Waals surface area contributed by atoms with Gasteiger partial charge in [0.2, 0.25) is 0 Å². The van der Waals surface area contributed by atoms with Crippen LogP contribution >= 0.6 is 0 Å². The summed E-state index contributed by atoms with van der Waals surface area (Å²) in [5, 5.41) is 2.72. The second-order valence-corrected chi connectivity index (χ2v) is 5.30. The summed E-state index contributed by atoms with van der Waals surface area (Å²) in [5.74, 6) is 5.74. The van der Waals surface area contributed by atoms with Gasteiger partial charge in [0, 0.05) is 6.54 Å². The Hall–Kier alpha value is -1.75. The van der Waals surface area contributed by atoms with Gasteiger partial charge in [-0.05, 0) is 51.3 Å². The minimum atomic E-state index is -0.461. The predicted octanol–water partition coefficient (Wildman–Crippen LogP) is 2.40. The first-order valence-electron chi connectivity index (χ1n) is 6.33. The van der Waals surface area contributed by atoms with Crippen molar-refractivity contribution in [2.75, 3.05) is 6.54 Å². The Bertz CT molecular complexity index is 413. The summed E-state index contributed by atoms with van der Waals surface area (Å²) in [6, 6.07) is 7.56. The molecule has 5 nitrogen and oxygen atoms in total. The van der Waals surface area contributed by atoms with Gasteiger partial charge in [0.05, 0.1) is 0 Å². The Kier molecular flexibility index (Phi) is 5.63. The molecule has 19 heavy (non-hydrogen) atoms. The summed E-state index contributed by atoms with van der Waals surface area (Å²) >= 11 is 0. The van der Waals surface area contributed by atoms with Gasteiger partial charge >= 0.3 is 6.09 Å². The molecule has 106 valence electrons. The third kappa shape index (κ3) is 6.67. The smallest absolute Gasteiger partial charge is 0.407 e. The Morgan fingerprint density at radius 2 is 2.11 bits per heavy atom. The number of hydrogen-bond donors (Lipinski definition) is 2. The molecule has 0 unspecified atom stereocenters. The molecular weight excluding hydrogens is 244 g/mol. The van der Waals surface area contributed by atoms with E-state index in [4.69, 9.17) is 10.6 Å². The van der Waals surface area contributed by atoms with Crippen LogP contribution in [0.4, 0.5) is 4.79 Å². The largest absolute Gasteiger partial charge is 0.444 e. The molecule has 0 saturated carbocycles. The SMILES string of the molecule is CC(C)(C)OC(=O)NCCCc1cccc(ON)c1. The van der Waals surface area contributed by atoms with Gasteiger partial charge in [0.25, 0.3) is 0 Å². The van der Waals surface area contributed by atoms with E-state index in [1.165, 1.54) is 0 Å². The summed E-state index contributed by atoms with van der Waals surface area (Å²) in [5.41, 5.74) is 0.658. The van der Waals surface area contributed by atoms with Gasteiger partial charge in [-0.15, -0.1) is 0 Å². The zero-order valence-electron chi connectivity index (χ0n) is 11.7. The molecule has 0 spiro atoms.